The maximum atomic E-state index is 13.2. The molecule has 2 heterocycles. The van der Waals surface area contributed by atoms with Crippen LogP contribution in [0.5, 0.6) is 0 Å². The van der Waals surface area contributed by atoms with Crippen molar-refractivity contribution in [3.63, 3.8) is 0 Å². The predicted molar refractivity (Wildman–Crippen MR) is 113 cm³/mol. The van der Waals surface area contributed by atoms with Gasteiger partial charge in [-0.2, -0.15) is 0 Å². The molecule has 2 aliphatic rings. The summed E-state index contributed by atoms with van der Waals surface area (Å²) in [5.41, 5.74) is 8.63. The molecule has 2 aromatic heterocycles. The highest BCUT2D eigenvalue weighted by atomic mass is 35.5. The minimum atomic E-state index is -0.354. The summed E-state index contributed by atoms with van der Waals surface area (Å²) in [5.74, 6) is -0.417. The molecule has 0 unspecified atom stereocenters. The van der Waals surface area contributed by atoms with Crippen LogP contribution in [0.3, 0.4) is 0 Å². The van der Waals surface area contributed by atoms with Gasteiger partial charge in [0.1, 0.15) is 11.6 Å². The maximum Gasteiger partial charge on any atom is 0.221 e. The first-order valence-electron chi connectivity index (χ1n) is 9.76. The molecule has 152 valence electrons. The van der Waals surface area contributed by atoms with Crippen LogP contribution in [0, 0.1) is 34.9 Å². The number of halogens is 2. The molecule has 2 aliphatic carbocycles. The highest BCUT2D eigenvalue weighted by Gasteiger charge is 2.49. The van der Waals surface area contributed by atoms with Gasteiger partial charge in [0.15, 0.2) is 5.65 Å². The molecule has 3 aromatic rings. The first-order chi connectivity index (χ1) is 14.4. The van der Waals surface area contributed by atoms with Crippen molar-refractivity contribution in [2.45, 2.75) is 12.8 Å². The van der Waals surface area contributed by atoms with Crippen molar-refractivity contribution in [3.8, 4) is 11.4 Å². The Hall–Kier alpha value is -3.06. The van der Waals surface area contributed by atoms with Crippen molar-refractivity contribution < 1.29 is 9.18 Å². The fourth-order valence-electron chi connectivity index (χ4n) is 4.89. The molecule has 8 heteroatoms. The standard InChI is InChI=1S/C22H19ClFN5O/c23-15-9-27-22-19(28-21(29-22)10-3-5-13(24)6-4-10)14(15)8-16(25)17-11-1-2-12(7-11)18(17)20(26)30/h1-6,9,11-12,17-18,25H,7-8H2,(H2,26,30)(H,27,28,29)/t11-,12+,17-,18-/m0/s1. The fraction of sp³-hybridized carbons (Fsp3) is 0.273. The molecule has 30 heavy (non-hydrogen) atoms. The van der Waals surface area contributed by atoms with E-state index in [9.17, 15) is 9.18 Å². The van der Waals surface area contributed by atoms with E-state index in [0.29, 0.717) is 33.3 Å². The van der Waals surface area contributed by atoms with Gasteiger partial charge in [0.2, 0.25) is 5.91 Å². The number of rotatable bonds is 5. The van der Waals surface area contributed by atoms with Crippen LogP contribution < -0.4 is 5.73 Å². The Balaban J connectivity index is 1.50. The third-order valence-corrected chi connectivity index (χ3v) is 6.58. The summed E-state index contributed by atoms with van der Waals surface area (Å²) in [5, 5.41) is 9.20. The number of carbonyl (C=O) groups is 1. The number of allylic oxidation sites excluding steroid dienone is 2. The molecule has 5 rings (SSSR count). The molecule has 1 fully saturated rings. The molecule has 6 nitrogen and oxygen atoms in total. The summed E-state index contributed by atoms with van der Waals surface area (Å²) in [4.78, 5) is 24.0. The third kappa shape index (κ3) is 3.01. The van der Waals surface area contributed by atoms with E-state index in [1.54, 1.807) is 12.1 Å². The second-order valence-corrected chi connectivity index (χ2v) is 8.39. The number of H-pyrrole nitrogens is 1. The first kappa shape index (κ1) is 18.9. The van der Waals surface area contributed by atoms with E-state index >= 15 is 0 Å². The van der Waals surface area contributed by atoms with Crippen LogP contribution in [-0.4, -0.2) is 26.6 Å². The van der Waals surface area contributed by atoms with E-state index in [2.05, 4.69) is 21.0 Å². The Morgan fingerprint density at radius 3 is 2.63 bits per heavy atom. The van der Waals surface area contributed by atoms with E-state index < -0.39 is 0 Å². The average Bonchev–Trinajstić information content (AvgIpc) is 3.44. The number of nitrogens with one attached hydrogen (secondary N) is 2. The van der Waals surface area contributed by atoms with Crippen molar-refractivity contribution in [2.75, 3.05) is 0 Å². The number of hydrogen-bond acceptors (Lipinski definition) is 4. The summed E-state index contributed by atoms with van der Waals surface area (Å²) in [6.45, 7) is 0. The van der Waals surface area contributed by atoms with Crippen molar-refractivity contribution in [1.29, 1.82) is 5.41 Å². The van der Waals surface area contributed by atoms with Gasteiger partial charge >= 0.3 is 0 Å². The molecule has 4 N–H and O–H groups in total. The summed E-state index contributed by atoms with van der Waals surface area (Å²) in [7, 11) is 0. The van der Waals surface area contributed by atoms with Crippen molar-refractivity contribution in [1.82, 2.24) is 15.0 Å². The fourth-order valence-corrected chi connectivity index (χ4v) is 5.10. The van der Waals surface area contributed by atoms with Gasteiger partial charge in [-0.15, -0.1) is 0 Å². The number of aromatic amines is 1. The first-order valence-corrected chi connectivity index (χ1v) is 10.1. The second-order valence-electron chi connectivity index (χ2n) is 7.98. The topological polar surface area (TPSA) is 109 Å². The van der Waals surface area contributed by atoms with E-state index in [-0.39, 0.29) is 41.8 Å². The number of nitrogens with two attached hydrogens (primary N) is 1. The normalized spacial score (nSPS) is 24.6. The summed E-state index contributed by atoms with van der Waals surface area (Å²) >= 11 is 6.45. The zero-order valence-electron chi connectivity index (χ0n) is 15.9. The number of carbonyl (C=O) groups excluding carboxylic acids is 1. The molecule has 1 aromatic carbocycles. The third-order valence-electron chi connectivity index (χ3n) is 6.25. The minimum Gasteiger partial charge on any atom is -0.369 e. The number of imidazole rings is 1. The van der Waals surface area contributed by atoms with Crippen LogP contribution in [0.2, 0.25) is 5.02 Å². The summed E-state index contributed by atoms with van der Waals surface area (Å²) in [6, 6.07) is 6.00. The second kappa shape index (κ2) is 7.02. The number of benzene rings is 1. The molecular formula is C22H19ClFN5O. The van der Waals surface area contributed by atoms with Crippen LogP contribution in [0.25, 0.3) is 22.6 Å². The van der Waals surface area contributed by atoms with Crippen molar-refractivity contribution >= 4 is 34.4 Å². The van der Waals surface area contributed by atoms with Gasteiger partial charge in [-0.3, -0.25) is 4.79 Å². The van der Waals surface area contributed by atoms with Crippen molar-refractivity contribution in [3.05, 3.63) is 59.0 Å². The lowest BCUT2D eigenvalue weighted by Crippen LogP contribution is -2.37. The average molecular weight is 424 g/mol. The monoisotopic (exact) mass is 423 g/mol. The van der Waals surface area contributed by atoms with Gasteiger partial charge in [0.25, 0.3) is 0 Å². The number of fused-ring (bicyclic) bond motifs is 3. The number of hydrogen-bond donors (Lipinski definition) is 3. The van der Waals surface area contributed by atoms with E-state index in [4.69, 9.17) is 22.7 Å². The molecule has 0 spiro atoms. The van der Waals surface area contributed by atoms with Crippen LogP contribution in [0.1, 0.15) is 12.0 Å². The zero-order chi connectivity index (χ0) is 21.0. The molecule has 1 amide bonds. The quantitative estimate of drug-likeness (QED) is 0.427. The number of nitrogens with zero attached hydrogens (tertiary/aromatic N) is 2. The Kier molecular flexibility index (Phi) is 4.43. The predicted octanol–water partition coefficient (Wildman–Crippen LogP) is 3.90. The summed E-state index contributed by atoms with van der Waals surface area (Å²) in [6.07, 6.45) is 6.79. The number of aromatic nitrogens is 3. The van der Waals surface area contributed by atoms with Crippen LogP contribution >= 0.6 is 11.6 Å². The van der Waals surface area contributed by atoms with Gasteiger partial charge in [0.05, 0.1) is 16.5 Å². The smallest absolute Gasteiger partial charge is 0.221 e. The van der Waals surface area contributed by atoms with E-state index in [1.807, 2.05) is 6.08 Å². The number of amides is 1. The SMILES string of the molecule is N=C(Cc1c(Cl)cnc2nc(-c3ccc(F)cc3)[nH]c12)[C@H]1[C@@H](C(N)=O)[C@@H]2C=C[C@H]1C2. The molecule has 1 saturated carbocycles. The van der Waals surface area contributed by atoms with Gasteiger partial charge < -0.3 is 16.1 Å². The Morgan fingerprint density at radius 1 is 1.23 bits per heavy atom. The molecule has 2 bridgehead atoms. The Morgan fingerprint density at radius 2 is 1.93 bits per heavy atom. The molecule has 0 saturated heterocycles. The molecule has 4 atom stereocenters. The zero-order valence-corrected chi connectivity index (χ0v) is 16.7. The van der Waals surface area contributed by atoms with Crippen molar-refractivity contribution in [2.24, 2.45) is 29.4 Å². The minimum absolute atomic E-state index is 0.114. The van der Waals surface area contributed by atoms with Gasteiger partial charge in [-0.1, -0.05) is 23.8 Å². The number of pyridine rings is 1. The highest BCUT2D eigenvalue weighted by molar-refractivity contribution is 6.32. The van der Waals surface area contributed by atoms with Gasteiger partial charge in [0, 0.05) is 35.4 Å². The van der Waals surface area contributed by atoms with Crippen LogP contribution in [0.15, 0.2) is 42.6 Å². The molecule has 0 radical (unpaired) electrons. The van der Waals surface area contributed by atoms with Crippen LogP contribution in [0.4, 0.5) is 4.39 Å². The Bertz CT molecular complexity index is 1200. The number of primary amides is 1. The Labute approximate surface area is 176 Å². The molecular weight excluding hydrogens is 405 g/mol. The highest BCUT2D eigenvalue weighted by Crippen LogP contribution is 2.48. The lowest BCUT2D eigenvalue weighted by molar-refractivity contribution is -0.123. The van der Waals surface area contributed by atoms with E-state index in [0.717, 1.165) is 12.0 Å². The van der Waals surface area contributed by atoms with Crippen LogP contribution in [-0.2, 0) is 11.2 Å². The summed E-state index contributed by atoms with van der Waals surface area (Å²) < 4.78 is 13.2. The van der Waals surface area contributed by atoms with E-state index in [1.165, 1.54) is 18.3 Å². The maximum absolute atomic E-state index is 13.2. The van der Waals surface area contributed by atoms with Gasteiger partial charge in [-0.25, -0.2) is 14.4 Å². The lowest BCUT2D eigenvalue weighted by atomic mass is 9.78. The van der Waals surface area contributed by atoms with Gasteiger partial charge in [-0.05, 0) is 42.5 Å². The lowest BCUT2D eigenvalue weighted by Gasteiger charge is -2.26. The molecule has 0 aliphatic heterocycles. The largest absolute Gasteiger partial charge is 0.369 e.